The molecule has 0 amide bonds. The van der Waals surface area contributed by atoms with Crippen LogP contribution in [0.5, 0.6) is 0 Å². The topological polar surface area (TPSA) is 33.6 Å². The molecule has 1 rings (SSSR count). The molecule has 0 bridgehead atoms. The van der Waals surface area contributed by atoms with Gasteiger partial charge in [0.25, 0.3) is 0 Å². The Labute approximate surface area is 89.1 Å². The van der Waals surface area contributed by atoms with Crippen molar-refractivity contribution in [3.63, 3.8) is 0 Å². The maximum Gasteiger partial charge on any atom is 0.194 e. The predicted octanol–water partition coefficient (Wildman–Crippen LogP) is 2.89. The zero-order valence-corrected chi connectivity index (χ0v) is 9.66. The van der Waals surface area contributed by atoms with Gasteiger partial charge in [-0.05, 0) is 18.6 Å². The molecule has 1 aromatic rings. The lowest BCUT2D eigenvalue weighted by atomic mass is 10.3. The first-order valence-electron chi connectivity index (χ1n) is 4.34. The molecule has 0 spiro atoms. The van der Waals surface area contributed by atoms with Crippen LogP contribution in [0.2, 0.25) is 0 Å². The van der Waals surface area contributed by atoms with E-state index in [0.29, 0.717) is 4.77 Å². The molecule has 5 heteroatoms. The highest BCUT2D eigenvalue weighted by molar-refractivity contribution is 7.71. The largest absolute Gasteiger partial charge is 0.310 e. The molecule has 0 fully saturated rings. The fraction of sp³-hybridized carbons (Fsp3) is 0.750. The van der Waals surface area contributed by atoms with Gasteiger partial charge < -0.3 is 4.57 Å². The molecule has 3 nitrogen and oxygen atoms in total. The first-order valence-corrected chi connectivity index (χ1v) is 5.28. The maximum absolute atomic E-state index is 5.38. The highest BCUT2D eigenvalue weighted by atomic mass is 35.5. The van der Waals surface area contributed by atoms with Crippen LogP contribution < -0.4 is 0 Å². The number of H-pyrrole nitrogens is 1. The molecule has 0 radical (unpaired) electrons. The zero-order chi connectivity index (χ0) is 10.1. The molecule has 0 aromatic carbocycles. The Hall–Kier alpha value is -0.350. The molecule has 1 N–H and O–H groups in total. The van der Waals surface area contributed by atoms with Gasteiger partial charge in [-0.15, -0.1) is 11.6 Å². The first-order chi connectivity index (χ1) is 6.22. The molecule has 0 unspecified atom stereocenters. The van der Waals surface area contributed by atoms with Gasteiger partial charge in [-0.25, -0.2) is 0 Å². The van der Waals surface area contributed by atoms with E-state index in [4.69, 9.17) is 23.8 Å². The number of nitrogens with one attached hydrogen (secondary N) is 1. The average Bonchev–Trinajstić information content (AvgIpc) is 2.49. The number of hydrogen-bond acceptors (Lipinski definition) is 2. The van der Waals surface area contributed by atoms with E-state index in [0.717, 1.165) is 5.88 Å². The van der Waals surface area contributed by atoms with Gasteiger partial charge in [-0.2, -0.15) is 5.10 Å². The van der Waals surface area contributed by atoms with Crippen molar-refractivity contribution in [1.82, 2.24) is 14.8 Å². The smallest absolute Gasteiger partial charge is 0.194 e. The summed E-state index contributed by atoms with van der Waals surface area (Å²) in [6, 6.07) is 0. The number of aryl methyl sites for hydroxylation is 1. The van der Waals surface area contributed by atoms with Crippen LogP contribution in [0.3, 0.4) is 0 Å². The lowest BCUT2D eigenvalue weighted by molar-refractivity contribution is 0.776. The summed E-state index contributed by atoms with van der Waals surface area (Å²) < 4.78 is 2.38. The van der Waals surface area contributed by atoms with Crippen molar-refractivity contribution in [2.24, 2.45) is 7.05 Å². The minimum Gasteiger partial charge on any atom is -0.310 e. The second kappa shape index (κ2) is 8.26. The van der Waals surface area contributed by atoms with E-state index in [1.807, 2.05) is 7.05 Å². The second-order valence-corrected chi connectivity index (χ2v) is 3.43. The van der Waals surface area contributed by atoms with Crippen molar-refractivity contribution in [1.29, 1.82) is 0 Å². The SMILES string of the molecule is CCCCCCl.Cn1cn[nH]c1=S. The zero-order valence-electron chi connectivity index (χ0n) is 8.09. The third-order valence-electron chi connectivity index (χ3n) is 1.45. The summed E-state index contributed by atoms with van der Waals surface area (Å²) in [4.78, 5) is 0. The van der Waals surface area contributed by atoms with Crippen molar-refractivity contribution in [2.45, 2.75) is 26.2 Å². The molecular formula is C8H16ClN3S. The van der Waals surface area contributed by atoms with Crippen molar-refractivity contribution < 1.29 is 0 Å². The third-order valence-corrected chi connectivity index (χ3v) is 2.10. The van der Waals surface area contributed by atoms with Crippen LogP contribution in [0.1, 0.15) is 26.2 Å². The Kier molecular flexibility index (Phi) is 8.04. The van der Waals surface area contributed by atoms with Crippen LogP contribution in [-0.2, 0) is 7.05 Å². The molecule has 0 aliphatic rings. The molecule has 0 saturated heterocycles. The number of unbranched alkanes of at least 4 members (excludes halogenated alkanes) is 2. The van der Waals surface area contributed by atoms with Crippen molar-refractivity contribution in [3.8, 4) is 0 Å². The highest BCUT2D eigenvalue weighted by Gasteiger charge is 1.78. The Morgan fingerprint density at radius 3 is 2.46 bits per heavy atom. The normalized spacial score (nSPS) is 9.15. The minimum atomic E-state index is 0.653. The van der Waals surface area contributed by atoms with Gasteiger partial charge in [-0.3, -0.25) is 5.10 Å². The maximum atomic E-state index is 5.38. The molecule has 0 saturated carbocycles. The molecule has 13 heavy (non-hydrogen) atoms. The van der Waals surface area contributed by atoms with E-state index in [1.165, 1.54) is 19.3 Å². The minimum absolute atomic E-state index is 0.653. The molecule has 1 aromatic heterocycles. The van der Waals surface area contributed by atoms with Crippen LogP contribution in [0.4, 0.5) is 0 Å². The van der Waals surface area contributed by atoms with E-state index < -0.39 is 0 Å². The van der Waals surface area contributed by atoms with Crippen molar-refractivity contribution in [3.05, 3.63) is 11.1 Å². The number of alkyl halides is 1. The summed E-state index contributed by atoms with van der Waals surface area (Å²) in [5.74, 6) is 0.827. The standard InChI is InChI=1S/C5H11Cl.C3H5N3S/c1-2-3-4-5-6;1-6-2-4-5-3(6)7/h2-5H2,1H3;2H,1H3,(H,5,7). The van der Waals surface area contributed by atoms with Gasteiger partial charge in [-0.1, -0.05) is 19.8 Å². The van der Waals surface area contributed by atoms with E-state index in [1.54, 1.807) is 10.9 Å². The highest BCUT2D eigenvalue weighted by Crippen LogP contribution is 1.93. The summed E-state index contributed by atoms with van der Waals surface area (Å²) in [6.07, 6.45) is 5.36. The number of rotatable bonds is 3. The van der Waals surface area contributed by atoms with Crippen LogP contribution in [-0.4, -0.2) is 20.6 Å². The number of aromatic nitrogens is 3. The molecule has 0 aliphatic carbocycles. The Morgan fingerprint density at radius 2 is 2.31 bits per heavy atom. The summed E-state index contributed by atoms with van der Waals surface area (Å²) in [5.41, 5.74) is 0. The third kappa shape index (κ3) is 6.78. The summed E-state index contributed by atoms with van der Waals surface area (Å²) in [7, 11) is 1.84. The fourth-order valence-electron chi connectivity index (χ4n) is 0.646. The van der Waals surface area contributed by atoms with Crippen LogP contribution >= 0.6 is 23.8 Å². The molecule has 76 valence electrons. The van der Waals surface area contributed by atoms with Crippen LogP contribution in [0.25, 0.3) is 0 Å². The summed E-state index contributed by atoms with van der Waals surface area (Å²) >= 11 is 10.1. The van der Waals surface area contributed by atoms with E-state index in [-0.39, 0.29) is 0 Å². The van der Waals surface area contributed by atoms with Crippen molar-refractivity contribution in [2.75, 3.05) is 5.88 Å². The van der Waals surface area contributed by atoms with Gasteiger partial charge in [0.15, 0.2) is 4.77 Å². The quantitative estimate of drug-likeness (QED) is 0.484. The average molecular weight is 222 g/mol. The van der Waals surface area contributed by atoms with Crippen LogP contribution in [0, 0.1) is 4.77 Å². The molecule has 1 heterocycles. The Bertz CT molecular complexity index is 252. The van der Waals surface area contributed by atoms with Gasteiger partial charge in [0.2, 0.25) is 0 Å². The monoisotopic (exact) mass is 221 g/mol. The van der Waals surface area contributed by atoms with E-state index >= 15 is 0 Å². The lowest BCUT2D eigenvalue weighted by Crippen LogP contribution is -1.81. The fourth-order valence-corrected chi connectivity index (χ4v) is 0.935. The van der Waals surface area contributed by atoms with Crippen LogP contribution in [0.15, 0.2) is 6.33 Å². The van der Waals surface area contributed by atoms with Gasteiger partial charge in [0.05, 0.1) is 0 Å². The Balaban J connectivity index is 0.000000226. The Morgan fingerprint density at radius 1 is 1.62 bits per heavy atom. The molecular weight excluding hydrogens is 206 g/mol. The number of aromatic amines is 1. The lowest BCUT2D eigenvalue weighted by Gasteiger charge is -1.84. The summed E-state index contributed by atoms with van der Waals surface area (Å²) in [6.45, 7) is 2.17. The number of halogens is 1. The number of nitrogens with zero attached hydrogens (tertiary/aromatic N) is 2. The van der Waals surface area contributed by atoms with E-state index in [2.05, 4.69) is 17.1 Å². The first kappa shape index (κ1) is 12.7. The van der Waals surface area contributed by atoms with Crippen molar-refractivity contribution >= 4 is 23.8 Å². The van der Waals surface area contributed by atoms with Gasteiger partial charge >= 0.3 is 0 Å². The summed E-state index contributed by atoms with van der Waals surface area (Å²) in [5, 5.41) is 6.25. The molecule has 0 aliphatic heterocycles. The number of hydrogen-bond donors (Lipinski definition) is 1. The van der Waals surface area contributed by atoms with E-state index in [9.17, 15) is 0 Å². The predicted molar refractivity (Wildman–Crippen MR) is 58.6 cm³/mol. The second-order valence-electron chi connectivity index (χ2n) is 2.67. The van der Waals surface area contributed by atoms with Gasteiger partial charge in [0, 0.05) is 12.9 Å². The molecule has 0 atom stereocenters. The van der Waals surface area contributed by atoms with Gasteiger partial charge in [0.1, 0.15) is 6.33 Å².